The highest BCUT2D eigenvalue weighted by molar-refractivity contribution is 5.54. The van der Waals surface area contributed by atoms with E-state index in [-0.39, 0.29) is 18.2 Å². The van der Waals surface area contributed by atoms with E-state index in [2.05, 4.69) is 4.98 Å². The van der Waals surface area contributed by atoms with Crippen molar-refractivity contribution < 1.29 is 17.9 Å². The number of nitrogen functional groups attached to an aromatic ring is 1. The SMILES string of the molecule is CCN(CC(F)(F)F)c1ccc(N)c(OC)n1. The van der Waals surface area contributed by atoms with Gasteiger partial charge >= 0.3 is 6.18 Å². The first-order valence-electron chi connectivity index (χ1n) is 4.99. The Hall–Kier alpha value is -1.66. The summed E-state index contributed by atoms with van der Waals surface area (Å²) in [6.07, 6.45) is -4.27. The first-order chi connectivity index (χ1) is 7.87. The number of alkyl halides is 3. The Labute approximate surface area is 97.2 Å². The third-order valence-corrected chi connectivity index (χ3v) is 2.14. The van der Waals surface area contributed by atoms with E-state index in [1.165, 1.54) is 19.2 Å². The number of nitrogens with two attached hydrogens (primary N) is 1. The first kappa shape index (κ1) is 13.4. The molecule has 0 unspecified atom stereocenters. The molecule has 1 aromatic heterocycles. The van der Waals surface area contributed by atoms with Gasteiger partial charge in [0.15, 0.2) is 0 Å². The van der Waals surface area contributed by atoms with Gasteiger partial charge in [0.2, 0.25) is 5.88 Å². The summed E-state index contributed by atoms with van der Waals surface area (Å²) in [7, 11) is 1.36. The van der Waals surface area contributed by atoms with Gasteiger partial charge in [-0.15, -0.1) is 0 Å². The number of halogens is 3. The van der Waals surface area contributed by atoms with Crippen LogP contribution in [0.4, 0.5) is 24.7 Å². The lowest BCUT2D eigenvalue weighted by molar-refractivity contribution is -0.119. The van der Waals surface area contributed by atoms with Gasteiger partial charge in [-0.3, -0.25) is 0 Å². The molecule has 7 heteroatoms. The fraction of sp³-hybridized carbons (Fsp3) is 0.500. The Morgan fingerprint density at radius 2 is 2.06 bits per heavy atom. The zero-order valence-electron chi connectivity index (χ0n) is 9.58. The molecule has 0 radical (unpaired) electrons. The minimum absolute atomic E-state index is 0.128. The van der Waals surface area contributed by atoms with Crippen molar-refractivity contribution in [2.75, 3.05) is 30.8 Å². The van der Waals surface area contributed by atoms with Gasteiger partial charge in [0, 0.05) is 6.54 Å². The molecular weight excluding hydrogens is 235 g/mol. The van der Waals surface area contributed by atoms with Crippen molar-refractivity contribution in [3.8, 4) is 5.88 Å². The zero-order chi connectivity index (χ0) is 13.1. The van der Waals surface area contributed by atoms with Crippen molar-refractivity contribution in [2.45, 2.75) is 13.1 Å². The number of pyridine rings is 1. The van der Waals surface area contributed by atoms with Crippen LogP contribution in [0.5, 0.6) is 5.88 Å². The number of aromatic nitrogens is 1. The second-order valence-electron chi connectivity index (χ2n) is 3.40. The molecule has 0 aliphatic heterocycles. The van der Waals surface area contributed by atoms with Crippen LogP contribution in [0.3, 0.4) is 0 Å². The minimum atomic E-state index is -4.27. The number of hydrogen-bond donors (Lipinski definition) is 1. The van der Waals surface area contributed by atoms with Crippen LogP contribution in [0.2, 0.25) is 0 Å². The molecule has 1 rings (SSSR count). The van der Waals surface area contributed by atoms with E-state index >= 15 is 0 Å². The van der Waals surface area contributed by atoms with Gasteiger partial charge < -0.3 is 15.4 Å². The van der Waals surface area contributed by atoms with E-state index in [1.807, 2.05) is 0 Å². The summed E-state index contributed by atoms with van der Waals surface area (Å²) in [6, 6.07) is 2.91. The highest BCUT2D eigenvalue weighted by Crippen LogP contribution is 2.25. The van der Waals surface area contributed by atoms with E-state index < -0.39 is 12.7 Å². The summed E-state index contributed by atoms with van der Waals surface area (Å²) >= 11 is 0. The van der Waals surface area contributed by atoms with Crippen LogP contribution in [0.25, 0.3) is 0 Å². The highest BCUT2D eigenvalue weighted by Gasteiger charge is 2.30. The zero-order valence-corrected chi connectivity index (χ0v) is 9.58. The fourth-order valence-electron chi connectivity index (χ4n) is 1.35. The molecule has 1 heterocycles. The van der Waals surface area contributed by atoms with Gasteiger partial charge in [-0.1, -0.05) is 0 Å². The number of anilines is 2. The van der Waals surface area contributed by atoms with Gasteiger partial charge in [0.05, 0.1) is 12.8 Å². The van der Waals surface area contributed by atoms with Crippen molar-refractivity contribution in [2.24, 2.45) is 0 Å². The minimum Gasteiger partial charge on any atom is -0.479 e. The van der Waals surface area contributed by atoms with Crippen molar-refractivity contribution in [1.82, 2.24) is 4.98 Å². The van der Waals surface area contributed by atoms with Gasteiger partial charge in [-0.25, -0.2) is 0 Å². The van der Waals surface area contributed by atoms with Crippen LogP contribution in [0.1, 0.15) is 6.92 Å². The topological polar surface area (TPSA) is 51.4 Å². The Kier molecular flexibility index (Phi) is 4.03. The molecule has 2 N–H and O–H groups in total. The maximum Gasteiger partial charge on any atom is 0.405 e. The molecule has 1 aromatic rings. The average Bonchev–Trinajstić information content (AvgIpc) is 2.25. The number of methoxy groups -OCH3 is 1. The standard InChI is InChI=1S/C10H14F3N3O/c1-3-16(6-10(11,12)13)8-5-4-7(14)9(15-8)17-2/h4-5H,3,6,14H2,1-2H3. The average molecular weight is 249 g/mol. The molecule has 0 aromatic carbocycles. The van der Waals surface area contributed by atoms with Gasteiger partial charge in [-0.2, -0.15) is 18.2 Å². The van der Waals surface area contributed by atoms with E-state index in [9.17, 15) is 13.2 Å². The van der Waals surface area contributed by atoms with Gasteiger partial charge in [-0.05, 0) is 19.1 Å². The summed E-state index contributed by atoms with van der Waals surface area (Å²) in [5.41, 5.74) is 5.83. The molecule has 17 heavy (non-hydrogen) atoms. The molecule has 0 amide bonds. The lowest BCUT2D eigenvalue weighted by Gasteiger charge is -2.23. The smallest absolute Gasteiger partial charge is 0.405 e. The molecule has 0 atom stereocenters. The van der Waals surface area contributed by atoms with Crippen molar-refractivity contribution >= 4 is 11.5 Å². The van der Waals surface area contributed by atoms with Crippen LogP contribution < -0.4 is 15.4 Å². The second kappa shape index (κ2) is 5.11. The van der Waals surface area contributed by atoms with Crippen molar-refractivity contribution in [3.63, 3.8) is 0 Å². The maximum atomic E-state index is 12.3. The summed E-state index contributed by atoms with van der Waals surface area (Å²) in [6.45, 7) is 0.763. The molecule has 0 aliphatic rings. The first-order valence-corrected chi connectivity index (χ1v) is 4.99. The largest absolute Gasteiger partial charge is 0.479 e. The highest BCUT2D eigenvalue weighted by atomic mass is 19.4. The third-order valence-electron chi connectivity index (χ3n) is 2.14. The van der Waals surface area contributed by atoms with Crippen LogP contribution in [-0.2, 0) is 0 Å². The second-order valence-corrected chi connectivity index (χ2v) is 3.40. The molecule has 0 spiro atoms. The lowest BCUT2D eigenvalue weighted by Crippen LogP contribution is -2.34. The van der Waals surface area contributed by atoms with Crippen molar-refractivity contribution in [1.29, 1.82) is 0 Å². The monoisotopic (exact) mass is 249 g/mol. The fourth-order valence-corrected chi connectivity index (χ4v) is 1.35. The van der Waals surface area contributed by atoms with Crippen LogP contribution in [0, 0.1) is 0 Å². The normalized spacial score (nSPS) is 11.4. The van der Waals surface area contributed by atoms with Crippen LogP contribution in [-0.4, -0.2) is 31.4 Å². The third kappa shape index (κ3) is 3.69. The molecule has 0 fully saturated rings. The molecule has 0 bridgehead atoms. The predicted octanol–water partition coefficient (Wildman–Crippen LogP) is 2.06. The van der Waals surface area contributed by atoms with E-state index in [0.717, 1.165) is 4.90 Å². The van der Waals surface area contributed by atoms with E-state index in [0.29, 0.717) is 5.69 Å². The van der Waals surface area contributed by atoms with Gasteiger partial charge in [0.25, 0.3) is 0 Å². The summed E-state index contributed by atoms with van der Waals surface area (Å²) in [5, 5.41) is 0. The number of ether oxygens (including phenoxy) is 1. The quantitative estimate of drug-likeness (QED) is 0.887. The van der Waals surface area contributed by atoms with Crippen LogP contribution >= 0.6 is 0 Å². The predicted molar refractivity (Wildman–Crippen MR) is 59.1 cm³/mol. The molecule has 4 nitrogen and oxygen atoms in total. The Morgan fingerprint density at radius 3 is 2.53 bits per heavy atom. The number of rotatable bonds is 4. The van der Waals surface area contributed by atoms with E-state index in [4.69, 9.17) is 10.5 Å². The molecule has 0 saturated carbocycles. The molecule has 0 saturated heterocycles. The lowest BCUT2D eigenvalue weighted by atomic mass is 10.3. The van der Waals surface area contributed by atoms with E-state index in [1.54, 1.807) is 6.92 Å². The molecule has 96 valence electrons. The molecular formula is C10H14F3N3O. The molecule has 0 aliphatic carbocycles. The Balaban J connectivity index is 2.96. The van der Waals surface area contributed by atoms with Crippen molar-refractivity contribution in [3.05, 3.63) is 12.1 Å². The maximum absolute atomic E-state index is 12.3. The number of hydrogen-bond acceptors (Lipinski definition) is 4. The Morgan fingerprint density at radius 1 is 1.41 bits per heavy atom. The van der Waals surface area contributed by atoms with Gasteiger partial charge in [0.1, 0.15) is 12.4 Å². The Bertz CT molecular complexity index is 382. The summed E-state index contributed by atoms with van der Waals surface area (Å²) in [5.74, 6) is 0.319. The summed E-state index contributed by atoms with van der Waals surface area (Å²) in [4.78, 5) is 5.02. The van der Waals surface area contributed by atoms with Crippen LogP contribution in [0.15, 0.2) is 12.1 Å². The number of nitrogens with zero attached hydrogens (tertiary/aromatic N) is 2. The summed E-state index contributed by atoms with van der Waals surface area (Å²) < 4.78 is 41.8.